The third kappa shape index (κ3) is 2.29. The van der Waals surface area contributed by atoms with E-state index in [1.807, 2.05) is 36.4 Å². The number of nitriles is 1. The first-order chi connectivity index (χ1) is 9.38. The summed E-state index contributed by atoms with van der Waals surface area (Å²) in [5, 5.41) is 11.3. The van der Waals surface area contributed by atoms with Gasteiger partial charge in [0.25, 0.3) is 0 Å². The van der Waals surface area contributed by atoms with Gasteiger partial charge >= 0.3 is 0 Å². The van der Waals surface area contributed by atoms with E-state index in [0.29, 0.717) is 5.56 Å². The van der Waals surface area contributed by atoms with Gasteiger partial charge in [-0.05, 0) is 40.3 Å². The number of rotatable bonds is 2. The van der Waals surface area contributed by atoms with Gasteiger partial charge in [0, 0.05) is 4.88 Å². The molecule has 0 atom stereocenters. The molecule has 0 saturated heterocycles. The molecule has 2 heteroatoms. The van der Waals surface area contributed by atoms with E-state index in [2.05, 4.69) is 35.7 Å². The lowest BCUT2D eigenvalue weighted by Crippen LogP contribution is -1.84. The van der Waals surface area contributed by atoms with Crippen LogP contribution >= 0.6 is 11.3 Å². The maximum Gasteiger partial charge on any atom is 0.0998 e. The van der Waals surface area contributed by atoms with Gasteiger partial charge in [-0.2, -0.15) is 5.26 Å². The van der Waals surface area contributed by atoms with E-state index in [1.165, 1.54) is 10.4 Å². The molecule has 0 bridgehead atoms. The minimum atomic E-state index is 0.714. The Kier molecular flexibility index (Phi) is 3.14. The summed E-state index contributed by atoms with van der Waals surface area (Å²) in [6, 6.07) is 22.5. The zero-order chi connectivity index (χ0) is 13.1. The van der Waals surface area contributed by atoms with Crippen LogP contribution in [0.4, 0.5) is 0 Å². The normalized spacial score (nSPS) is 10.1. The highest BCUT2D eigenvalue weighted by molar-refractivity contribution is 7.13. The van der Waals surface area contributed by atoms with E-state index in [-0.39, 0.29) is 0 Å². The van der Waals surface area contributed by atoms with Crippen LogP contribution < -0.4 is 0 Å². The minimum Gasteiger partial charge on any atom is -0.192 e. The molecule has 2 aromatic carbocycles. The maximum absolute atomic E-state index is 9.19. The molecule has 0 unspecified atom stereocenters. The van der Waals surface area contributed by atoms with Crippen molar-refractivity contribution in [3.05, 3.63) is 71.6 Å². The highest BCUT2D eigenvalue weighted by Crippen LogP contribution is 2.30. The van der Waals surface area contributed by atoms with Gasteiger partial charge in [-0.25, -0.2) is 0 Å². The molecule has 1 heterocycles. The second kappa shape index (κ2) is 5.09. The van der Waals surface area contributed by atoms with E-state index < -0.39 is 0 Å². The molecule has 0 aliphatic heterocycles. The van der Waals surface area contributed by atoms with Crippen LogP contribution in [0.3, 0.4) is 0 Å². The van der Waals surface area contributed by atoms with Crippen molar-refractivity contribution in [2.75, 3.05) is 0 Å². The van der Waals surface area contributed by atoms with Gasteiger partial charge in [0.1, 0.15) is 0 Å². The molecule has 0 aliphatic carbocycles. The Morgan fingerprint density at radius 3 is 2.47 bits per heavy atom. The van der Waals surface area contributed by atoms with Crippen molar-refractivity contribution < 1.29 is 0 Å². The molecule has 1 nitrogen and oxygen atoms in total. The van der Waals surface area contributed by atoms with Crippen molar-refractivity contribution in [3.63, 3.8) is 0 Å². The Labute approximate surface area is 116 Å². The lowest BCUT2D eigenvalue weighted by Gasteiger charge is -2.06. The van der Waals surface area contributed by atoms with Crippen molar-refractivity contribution in [2.24, 2.45) is 0 Å². The Bertz CT molecular complexity index is 736. The number of hydrogen-bond donors (Lipinski definition) is 0. The van der Waals surface area contributed by atoms with Crippen LogP contribution in [0.2, 0.25) is 0 Å². The second-order valence-electron chi connectivity index (χ2n) is 4.22. The molecular formula is C17H11NS. The molecule has 90 valence electrons. The minimum absolute atomic E-state index is 0.714. The van der Waals surface area contributed by atoms with E-state index in [1.54, 1.807) is 11.3 Å². The quantitative estimate of drug-likeness (QED) is 0.640. The van der Waals surface area contributed by atoms with Crippen molar-refractivity contribution in [3.8, 4) is 27.6 Å². The third-order valence-electron chi connectivity index (χ3n) is 3.03. The van der Waals surface area contributed by atoms with E-state index in [9.17, 15) is 5.26 Å². The molecule has 0 N–H and O–H groups in total. The van der Waals surface area contributed by atoms with Gasteiger partial charge in [-0.15, -0.1) is 11.3 Å². The van der Waals surface area contributed by atoms with E-state index in [4.69, 9.17) is 0 Å². The predicted molar refractivity (Wildman–Crippen MR) is 79.9 cm³/mol. The summed E-state index contributed by atoms with van der Waals surface area (Å²) in [5.41, 5.74) is 3.98. The molecule has 3 rings (SSSR count). The molecule has 0 radical (unpaired) electrons. The monoisotopic (exact) mass is 261 g/mol. The number of hydrogen-bond acceptors (Lipinski definition) is 2. The number of thiophene rings is 1. The first-order valence-corrected chi connectivity index (χ1v) is 6.90. The highest BCUT2D eigenvalue weighted by Gasteiger charge is 2.05. The van der Waals surface area contributed by atoms with Crippen molar-refractivity contribution in [2.45, 2.75) is 0 Å². The summed E-state index contributed by atoms with van der Waals surface area (Å²) >= 11 is 1.72. The highest BCUT2D eigenvalue weighted by atomic mass is 32.1. The Hall–Kier alpha value is -2.37. The van der Waals surface area contributed by atoms with Gasteiger partial charge in [-0.1, -0.05) is 42.5 Å². The van der Waals surface area contributed by atoms with E-state index in [0.717, 1.165) is 11.1 Å². The SMILES string of the molecule is N#Cc1ccccc1-c1cccc(-c2cccs2)c1. The number of nitrogens with zero attached hydrogens (tertiary/aromatic N) is 1. The van der Waals surface area contributed by atoms with Crippen molar-refractivity contribution in [1.29, 1.82) is 5.26 Å². The van der Waals surface area contributed by atoms with Crippen molar-refractivity contribution >= 4 is 11.3 Å². The summed E-state index contributed by atoms with van der Waals surface area (Å²) < 4.78 is 0. The van der Waals surface area contributed by atoms with Crippen LogP contribution in [0.15, 0.2) is 66.0 Å². The molecule has 0 amide bonds. The predicted octanol–water partition coefficient (Wildman–Crippen LogP) is 4.95. The average molecular weight is 261 g/mol. The second-order valence-corrected chi connectivity index (χ2v) is 5.16. The molecule has 0 spiro atoms. The molecule has 1 aromatic heterocycles. The lowest BCUT2D eigenvalue weighted by atomic mass is 9.98. The zero-order valence-corrected chi connectivity index (χ0v) is 11.0. The van der Waals surface area contributed by atoms with Crippen LogP contribution in [0.1, 0.15) is 5.56 Å². The first-order valence-electron chi connectivity index (χ1n) is 6.02. The first kappa shape index (κ1) is 11.7. The largest absolute Gasteiger partial charge is 0.192 e. The van der Waals surface area contributed by atoms with Gasteiger partial charge in [0.2, 0.25) is 0 Å². The van der Waals surface area contributed by atoms with Gasteiger partial charge < -0.3 is 0 Å². The zero-order valence-electron chi connectivity index (χ0n) is 10.2. The molecular weight excluding hydrogens is 250 g/mol. The van der Waals surface area contributed by atoms with Crippen LogP contribution in [0, 0.1) is 11.3 Å². The smallest absolute Gasteiger partial charge is 0.0998 e. The Morgan fingerprint density at radius 1 is 0.842 bits per heavy atom. The fourth-order valence-corrected chi connectivity index (χ4v) is 2.84. The fourth-order valence-electron chi connectivity index (χ4n) is 2.12. The molecule has 19 heavy (non-hydrogen) atoms. The van der Waals surface area contributed by atoms with Gasteiger partial charge in [0.15, 0.2) is 0 Å². The van der Waals surface area contributed by atoms with Crippen LogP contribution in [0.25, 0.3) is 21.6 Å². The molecule has 3 aromatic rings. The summed E-state index contributed by atoms with van der Waals surface area (Å²) in [6.07, 6.45) is 0. The average Bonchev–Trinajstić information content (AvgIpc) is 3.01. The van der Waals surface area contributed by atoms with Crippen LogP contribution in [-0.2, 0) is 0 Å². The Balaban J connectivity index is 2.12. The summed E-state index contributed by atoms with van der Waals surface area (Å²) in [4.78, 5) is 1.25. The topological polar surface area (TPSA) is 23.8 Å². The standard InChI is InChI=1S/C17H11NS/c18-12-15-5-1-2-8-16(15)13-6-3-7-14(11-13)17-9-4-10-19-17/h1-11H. The third-order valence-corrected chi connectivity index (χ3v) is 3.95. The fraction of sp³-hybridized carbons (Fsp3) is 0. The molecule has 0 aliphatic rings. The summed E-state index contributed by atoms with van der Waals surface area (Å²) in [5.74, 6) is 0. The van der Waals surface area contributed by atoms with Gasteiger partial charge in [0.05, 0.1) is 11.6 Å². The lowest BCUT2D eigenvalue weighted by molar-refractivity contribution is 1.48. The van der Waals surface area contributed by atoms with Crippen molar-refractivity contribution in [1.82, 2.24) is 0 Å². The summed E-state index contributed by atoms with van der Waals surface area (Å²) in [6.45, 7) is 0. The molecule has 0 saturated carbocycles. The Morgan fingerprint density at radius 2 is 1.68 bits per heavy atom. The van der Waals surface area contributed by atoms with Crippen LogP contribution in [0.5, 0.6) is 0 Å². The van der Waals surface area contributed by atoms with Crippen LogP contribution in [-0.4, -0.2) is 0 Å². The van der Waals surface area contributed by atoms with E-state index >= 15 is 0 Å². The maximum atomic E-state index is 9.19. The number of benzene rings is 2. The molecule has 0 fully saturated rings. The summed E-state index contributed by atoms with van der Waals surface area (Å²) in [7, 11) is 0. The van der Waals surface area contributed by atoms with Gasteiger partial charge in [-0.3, -0.25) is 0 Å².